The van der Waals surface area contributed by atoms with Gasteiger partial charge in [0, 0.05) is 19.1 Å². The summed E-state index contributed by atoms with van der Waals surface area (Å²) in [5, 5.41) is 0. The van der Waals surface area contributed by atoms with Crippen LogP contribution in [0.5, 0.6) is 0 Å². The van der Waals surface area contributed by atoms with E-state index in [4.69, 9.17) is 5.73 Å². The van der Waals surface area contributed by atoms with Crippen molar-refractivity contribution in [3.05, 3.63) is 24.3 Å². The lowest BCUT2D eigenvalue weighted by atomic mass is 9.94. The molecular formula is C14H22N2O2S. The van der Waals surface area contributed by atoms with Gasteiger partial charge in [0.1, 0.15) is 0 Å². The predicted octanol–water partition coefficient (Wildman–Crippen LogP) is 1.65. The van der Waals surface area contributed by atoms with Gasteiger partial charge in [0.05, 0.1) is 16.3 Å². The monoisotopic (exact) mass is 282 g/mol. The van der Waals surface area contributed by atoms with E-state index >= 15 is 0 Å². The van der Waals surface area contributed by atoms with Gasteiger partial charge in [-0.1, -0.05) is 26.0 Å². The summed E-state index contributed by atoms with van der Waals surface area (Å²) in [6, 6.07) is 7.49. The average molecular weight is 282 g/mol. The van der Waals surface area contributed by atoms with Crippen molar-refractivity contribution in [2.45, 2.75) is 31.2 Å². The minimum absolute atomic E-state index is 0.132. The number of benzene rings is 1. The molecule has 1 saturated heterocycles. The molecule has 0 aromatic heterocycles. The predicted molar refractivity (Wildman–Crippen MR) is 78.1 cm³/mol. The molecule has 0 amide bonds. The Bertz CT molecular complexity index is 542. The second-order valence-electron chi connectivity index (χ2n) is 5.25. The van der Waals surface area contributed by atoms with Gasteiger partial charge in [0.15, 0.2) is 9.84 Å². The molecule has 2 N–H and O–H groups in total. The molecule has 2 atom stereocenters. The number of rotatable bonds is 3. The summed E-state index contributed by atoms with van der Waals surface area (Å²) in [7, 11) is -3.18. The van der Waals surface area contributed by atoms with E-state index in [0.717, 1.165) is 25.2 Å². The molecular weight excluding hydrogens is 260 g/mol. The van der Waals surface area contributed by atoms with Crippen LogP contribution in [0, 0.1) is 5.92 Å². The van der Waals surface area contributed by atoms with E-state index in [1.54, 1.807) is 19.1 Å². The van der Waals surface area contributed by atoms with Crippen LogP contribution in [-0.4, -0.2) is 33.3 Å². The molecule has 0 aliphatic carbocycles. The van der Waals surface area contributed by atoms with Crippen molar-refractivity contribution in [3.8, 4) is 0 Å². The third-order valence-corrected chi connectivity index (χ3v) is 5.67. The molecule has 2 unspecified atom stereocenters. The Labute approximate surface area is 115 Å². The highest BCUT2D eigenvalue weighted by Gasteiger charge is 2.26. The molecule has 1 aromatic carbocycles. The van der Waals surface area contributed by atoms with Crippen LogP contribution in [0.15, 0.2) is 29.2 Å². The first-order valence-electron chi connectivity index (χ1n) is 6.78. The number of para-hydroxylation sites is 1. The summed E-state index contributed by atoms with van der Waals surface area (Å²) in [5.41, 5.74) is 6.85. The summed E-state index contributed by atoms with van der Waals surface area (Å²) >= 11 is 0. The number of anilines is 1. The first-order chi connectivity index (χ1) is 8.95. The van der Waals surface area contributed by atoms with Crippen LogP contribution in [0.25, 0.3) is 0 Å². The summed E-state index contributed by atoms with van der Waals surface area (Å²) < 4.78 is 24.3. The van der Waals surface area contributed by atoms with Gasteiger partial charge < -0.3 is 10.6 Å². The fraction of sp³-hybridized carbons (Fsp3) is 0.571. The van der Waals surface area contributed by atoms with Crippen molar-refractivity contribution in [2.75, 3.05) is 23.7 Å². The highest BCUT2D eigenvalue weighted by molar-refractivity contribution is 7.91. The maximum absolute atomic E-state index is 12.2. The van der Waals surface area contributed by atoms with E-state index in [-0.39, 0.29) is 11.8 Å². The third-order valence-electron chi connectivity index (χ3n) is 3.89. The Morgan fingerprint density at radius 1 is 1.37 bits per heavy atom. The smallest absolute Gasteiger partial charge is 0.180 e. The number of hydrogen-bond acceptors (Lipinski definition) is 4. The average Bonchev–Trinajstić information content (AvgIpc) is 2.42. The number of piperidine rings is 1. The Balaban J connectivity index is 2.36. The largest absolute Gasteiger partial charge is 0.370 e. The molecule has 1 aliphatic heterocycles. The quantitative estimate of drug-likeness (QED) is 0.915. The normalized spacial score (nSPS) is 24.5. The lowest BCUT2D eigenvalue weighted by Gasteiger charge is -2.37. The molecule has 1 aliphatic rings. The third kappa shape index (κ3) is 2.92. The van der Waals surface area contributed by atoms with Crippen molar-refractivity contribution in [1.82, 2.24) is 0 Å². The fourth-order valence-corrected chi connectivity index (χ4v) is 3.63. The molecule has 1 heterocycles. The molecule has 1 aromatic rings. The molecule has 1 fully saturated rings. The van der Waals surface area contributed by atoms with Crippen LogP contribution in [0.3, 0.4) is 0 Å². The van der Waals surface area contributed by atoms with Crippen molar-refractivity contribution < 1.29 is 8.42 Å². The van der Waals surface area contributed by atoms with E-state index < -0.39 is 9.84 Å². The standard InChI is InChI=1S/C14H22N2O2S/c1-3-19(17,18)14-7-5-4-6-13(14)16-9-8-12(15)11(2)10-16/h4-7,11-12H,3,8-10,15H2,1-2H3. The first-order valence-corrected chi connectivity index (χ1v) is 8.43. The number of sulfone groups is 1. The summed E-state index contributed by atoms with van der Waals surface area (Å²) in [6.07, 6.45) is 0.904. The van der Waals surface area contributed by atoms with Gasteiger partial charge in [-0.25, -0.2) is 8.42 Å². The van der Waals surface area contributed by atoms with Crippen LogP contribution < -0.4 is 10.6 Å². The lowest BCUT2D eigenvalue weighted by Crippen LogP contribution is -2.46. The number of nitrogens with two attached hydrogens (primary N) is 1. The van der Waals surface area contributed by atoms with Crippen molar-refractivity contribution >= 4 is 15.5 Å². The van der Waals surface area contributed by atoms with Crippen LogP contribution >= 0.6 is 0 Å². The Hall–Kier alpha value is -1.07. The van der Waals surface area contributed by atoms with Crippen LogP contribution in [-0.2, 0) is 9.84 Å². The van der Waals surface area contributed by atoms with E-state index in [1.807, 2.05) is 12.1 Å². The molecule has 5 heteroatoms. The SMILES string of the molecule is CCS(=O)(=O)c1ccccc1N1CCC(N)C(C)C1. The van der Waals surface area contributed by atoms with E-state index in [9.17, 15) is 8.42 Å². The Morgan fingerprint density at radius 2 is 2.05 bits per heavy atom. The summed E-state index contributed by atoms with van der Waals surface area (Å²) in [5.74, 6) is 0.513. The topological polar surface area (TPSA) is 63.4 Å². The lowest BCUT2D eigenvalue weighted by molar-refractivity contribution is 0.382. The first kappa shape index (κ1) is 14.3. The zero-order chi connectivity index (χ0) is 14.0. The summed E-state index contributed by atoms with van der Waals surface area (Å²) in [4.78, 5) is 2.59. The molecule has 0 spiro atoms. The second kappa shape index (κ2) is 5.51. The molecule has 4 nitrogen and oxygen atoms in total. The van der Waals surface area contributed by atoms with Gasteiger partial charge in [-0.15, -0.1) is 0 Å². The zero-order valence-electron chi connectivity index (χ0n) is 11.5. The summed E-state index contributed by atoms with van der Waals surface area (Å²) in [6.45, 7) is 5.44. The van der Waals surface area contributed by atoms with Crippen molar-refractivity contribution in [1.29, 1.82) is 0 Å². The maximum Gasteiger partial charge on any atom is 0.180 e. The second-order valence-corrected chi connectivity index (χ2v) is 7.49. The van der Waals surface area contributed by atoms with Gasteiger partial charge in [-0.3, -0.25) is 0 Å². The van der Waals surface area contributed by atoms with E-state index in [0.29, 0.717) is 10.8 Å². The van der Waals surface area contributed by atoms with Crippen molar-refractivity contribution in [3.63, 3.8) is 0 Å². The molecule has 19 heavy (non-hydrogen) atoms. The van der Waals surface area contributed by atoms with Gasteiger partial charge in [0.25, 0.3) is 0 Å². The number of hydrogen-bond donors (Lipinski definition) is 1. The van der Waals surface area contributed by atoms with Crippen LogP contribution in [0.1, 0.15) is 20.3 Å². The molecule has 0 radical (unpaired) electrons. The van der Waals surface area contributed by atoms with Crippen LogP contribution in [0.4, 0.5) is 5.69 Å². The van der Waals surface area contributed by atoms with Gasteiger partial charge >= 0.3 is 0 Å². The molecule has 106 valence electrons. The minimum atomic E-state index is -3.18. The molecule has 2 rings (SSSR count). The highest BCUT2D eigenvalue weighted by Crippen LogP contribution is 2.29. The van der Waals surface area contributed by atoms with Crippen molar-refractivity contribution in [2.24, 2.45) is 11.7 Å². The molecule has 0 saturated carbocycles. The number of nitrogens with zero attached hydrogens (tertiary/aromatic N) is 1. The fourth-order valence-electron chi connectivity index (χ4n) is 2.52. The molecule has 0 bridgehead atoms. The Kier molecular flexibility index (Phi) is 4.16. The van der Waals surface area contributed by atoms with E-state index in [2.05, 4.69) is 11.8 Å². The van der Waals surface area contributed by atoms with E-state index in [1.165, 1.54) is 0 Å². The zero-order valence-corrected chi connectivity index (χ0v) is 12.4. The highest BCUT2D eigenvalue weighted by atomic mass is 32.2. The minimum Gasteiger partial charge on any atom is -0.370 e. The van der Waals surface area contributed by atoms with Gasteiger partial charge in [-0.05, 0) is 24.5 Å². The Morgan fingerprint density at radius 3 is 2.68 bits per heavy atom. The van der Waals surface area contributed by atoms with Crippen LogP contribution in [0.2, 0.25) is 0 Å². The maximum atomic E-state index is 12.2. The van der Waals surface area contributed by atoms with Gasteiger partial charge in [0.2, 0.25) is 0 Å². The van der Waals surface area contributed by atoms with Gasteiger partial charge in [-0.2, -0.15) is 0 Å².